The monoisotopic (exact) mass is 198 g/mol. The third-order valence-electron chi connectivity index (χ3n) is 1.87. The molecule has 0 bridgehead atoms. The Morgan fingerprint density at radius 1 is 1.54 bits per heavy atom. The lowest BCUT2D eigenvalue weighted by Gasteiger charge is -2.09. The molecule has 0 aromatic heterocycles. The summed E-state index contributed by atoms with van der Waals surface area (Å²) in [6.45, 7) is 1.99. The number of aldehydes is 1. The van der Waals surface area contributed by atoms with Crippen LogP contribution in [-0.4, -0.2) is 13.4 Å². The summed E-state index contributed by atoms with van der Waals surface area (Å²) in [5.74, 6) is 0.627. The van der Waals surface area contributed by atoms with Crippen LogP contribution in [0.4, 0.5) is 0 Å². The van der Waals surface area contributed by atoms with Gasteiger partial charge in [-0.2, -0.15) is 0 Å². The predicted molar refractivity (Wildman–Crippen MR) is 52.8 cm³/mol. The summed E-state index contributed by atoms with van der Waals surface area (Å²) in [6, 6.07) is 3.42. The van der Waals surface area contributed by atoms with Gasteiger partial charge in [-0.05, 0) is 24.1 Å². The van der Waals surface area contributed by atoms with Gasteiger partial charge in [0.05, 0.1) is 12.7 Å². The van der Waals surface area contributed by atoms with Crippen molar-refractivity contribution in [1.82, 2.24) is 0 Å². The third kappa shape index (κ3) is 2.01. The van der Waals surface area contributed by atoms with Crippen molar-refractivity contribution in [1.29, 1.82) is 0 Å². The topological polar surface area (TPSA) is 26.3 Å². The molecule has 0 heterocycles. The molecule has 0 spiro atoms. The Bertz CT molecular complexity index is 321. The Labute approximate surface area is 82.5 Å². The maximum Gasteiger partial charge on any atom is 0.153 e. The minimum atomic E-state index is 0.506. The minimum Gasteiger partial charge on any atom is -0.496 e. The van der Waals surface area contributed by atoms with E-state index in [0.29, 0.717) is 16.3 Å². The van der Waals surface area contributed by atoms with E-state index in [9.17, 15) is 4.79 Å². The van der Waals surface area contributed by atoms with Gasteiger partial charge in [0.1, 0.15) is 5.75 Å². The Hall–Kier alpha value is -1.02. The van der Waals surface area contributed by atoms with Crippen LogP contribution in [0.5, 0.6) is 5.75 Å². The molecule has 0 radical (unpaired) electrons. The van der Waals surface area contributed by atoms with Crippen molar-refractivity contribution in [3.63, 3.8) is 0 Å². The SMILES string of the molecule is CCc1cc(Cl)cc(C=O)c1OC. The Morgan fingerprint density at radius 3 is 2.69 bits per heavy atom. The van der Waals surface area contributed by atoms with Crippen molar-refractivity contribution in [2.75, 3.05) is 7.11 Å². The summed E-state index contributed by atoms with van der Waals surface area (Å²) < 4.78 is 5.12. The van der Waals surface area contributed by atoms with Crippen molar-refractivity contribution < 1.29 is 9.53 Å². The van der Waals surface area contributed by atoms with E-state index in [0.717, 1.165) is 18.3 Å². The predicted octanol–water partition coefficient (Wildman–Crippen LogP) is 2.72. The van der Waals surface area contributed by atoms with E-state index < -0.39 is 0 Å². The molecule has 3 heteroatoms. The normalized spacial score (nSPS) is 9.77. The first-order valence-corrected chi connectivity index (χ1v) is 4.42. The summed E-state index contributed by atoms with van der Waals surface area (Å²) >= 11 is 5.82. The average molecular weight is 199 g/mol. The third-order valence-corrected chi connectivity index (χ3v) is 2.09. The summed E-state index contributed by atoms with van der Waals surface area (Å²) in [5.41, 5.74) is 1.46. The van der Waals surface area contributed by atoms with Crippen LogP contribution < -0.4 is 4.74 Å². The molecule has 13 heavy (non-hydrogen) atoms. The van der Waals surface area contributed by atoms with Gasteiger partial charge in [0.2, 0.25) is 0 Å². The van der Waals surface area contributed by atoms with Crippen LogP contribution in [0.2, 0.25) is 5.02 Å². The summed E-state index contributed by atoms with van der Waals surface area (Å²) in [4.78, 5) is 10.7. The molecule has 0 aliphatic heterocycles. The second-order valence-electron chi connectivity index (χ2n) is 2.66. The summed E-state index contributed by atoms with van der Waals surface area (Å²) in [7, 11) is 1.55. The van der Waals surface area contributed by atoms with Crippen molar-refractivity contribution in [2.24, 2.45) is 0 Å². The molecule has 1 aromatic carbocycles. The summed E-state index contributed by atoms with van der Waals surface area (Å²) in [6.07, 6.45) is 1.55. The van der Waals surface area contributed by atoms with E-state index >= 15 is 0 Å². The number of rotatable bonds is 3. The highest BCUT2D eigenvalue weighted by atomic mass is 35.5. The molecule has 0 atom stereocenters. The fourth-order valence-corrected chi connectivity index (χ4v) is 1.52. The highest BCUT2D eigenvalue weighted by molar-refractivity contribution is 6.31. The van der Waals surface area contributed by atoms with Gasteiger partial charge in [-0.1, -0.05) is 18.5 Å². The molecule has 0 fully saturated rings. The van der Waals surface area contributed by atoms with E-state index in [-0.39, 0.29) is 0 Å². The number of halogens is 1. The molecule has 0 aliphatic carbocycles. The van der Waals surface area contributed by atoms with Gasteiger partial charge >= 0.3 is 0 Å². The zero-order valence-corrected chi connectivity index (χ0v) is 8.39. The Morgan fingerprint density at radius 2 is 2.23 bits per heavy atom. The number of hydrogen-bond acceptors (Lipinski definition) is 2. The molecule has 0 unspecified atom stereocenters. The first-order chi connectivity index (χ1) is 6.22. The molecule has 0 N–H and O–H groups in total. The fraction of sp³-hybridized carbons (Fsp3) is 0.300. The molecule has 1 rings (SSSR count). The number of benzene rings is 1. The number of ether oxygens (including phenoxy) is 1. The Kier molecular flexibility index (Phi) is 3.32. The molecule has 0 saturated carbocycles. The largest absolute Gasteiger partial charge is 0.496 e. The van der Waals surface area contributed by atoms with Gasteiger partial charge < -0.3 is 4.74 Å². The standard InChI is InChI=1S/C10H11ClO2/c1-3-7-4-9(11)5-8(6-12)10(7)13-2/h4-6H,3H2,1-2H3. The lowest BCUT2D eigenvalue weighted by atomic mass is 10.1. The molecule has 0 aliphatic rings. The Balaban J connectivity index is 3.33. The van der Waals surface area contributed by atoms with E-state index in [2.05, 4.69) is 0 Å². The van der Waals surface area contributed by atoms with Crippen LogP contribution in [-0.2, 0) is 6.42 Å². The maximum absolute atomic E-state index is 10.7. The number of hydrogen-bond donors (Lipinski definition) is 0. The van der Waals surface area contributed by atoms with Crippen molar-refractivity contribution in [2.45, 2.75) is 13.3 Å². The molecule has 1 aromatic rings. The number of carbonyl (C=O) groups is 1. The molecular formula is C10H11ClO2. The average Bonchev–Trinajstić information content (AvgIpc) is 2.16. The number of methoxy groups -OCH3 is 1. The van der Waals surface area contributed by atoms with Gasteiger partial charge in [-0.25, -0.2) is 0 Å². The van der Waals surface area contributed by atoms with Crippen molar-refractivity contribution in [3.8, 4) is 5.75 Å². The lowest BCUT2D eigenvalue weighted by Crippen LogP contribution is -1.95. The zero-order chi connectivity index (χ0) is 9.84. The van der Waals surface area contributed by atoms with Crippen LogP contribution in [0.1, 0.15) is 22.8 Å². The van der Waals surface area contributed by atoms with Crippen molar-refractivity contribution in [3.05, 3.63) is 28.3 Å². The molecule has 2 nitrogen and oxygen atoms in total. The first kappa shape index (κ1) is 10.1. The fourth-order valence-electron chi connectivity index (χ4n) is 1.27. The molecule has 70 valence electrons. The quantitative estimate of drug-likeness (QED) is 0.699. The van der Waals surface area contributed by atoms with E-state index in [4.69, 9.17) is 16.3 Å². The molecule has 0 amide bonds. The van der Waals surface area contributed by atoms with Gasteiger partial charge in [-0.15, -0.1) is 0 Å². The summed E-state index contributed by atoms with van der Waals surface area (Å²) in [5, 5.41) is 0.569. The van der Waals surface area contributed by atoms with Crippen LogP contribution in [0.15, 0.2) is 12.1 Å². The minimum absolute atomic E-state index is 0.506. The smallest absolute Gasteiger partial charge is 0.153 e. The maximum atomic E-state index is 10.7. The number of carbonyl (C=O) groups excluding carboxylic acids is 1. The van der Waals surface area contributed by atoms with Gasteiger partial charge in [0.25, 0.3) is 0 Å². The van der Waals surface area contributed by atoms with Crippen LogP contribution in [0.3, 0.4) is 0 Å². The van der Waals surface area contributed by atoms with Crippen LogP contribution in [0.25, 0.3) is 0 Å². The van der Waals surface area contributed by atoms with Gasteiger partial charge in [-0.3, -0.25) is 4.79 Å². The second kappa shape index (κ2) is 4.28. The first-order valence-electron chi connectivity index (χ1n) is 4.04. The van der Waals surface area contributed by atoms with E-state index in [1.165, 1.54) is 0 Å². The molecule has 0 saturated heterocycles. The van der Waals surface area contributed by atoms with Crippen LogP contribution in [0, 0.1) is 0 Å². The molecular weight excluding hydrogens is 188 g/mol. The zero-order valence-electron chi connectivity index (χ0n) is 7.63. The van der Waals surface area contributed by atoms with Crippen molar-refractivity contribution >= 4 is 17.9 Å². The van der Waals surface area contributed by atoms with Crippen LogP contribution >= 0.6 is 11.6 Å². The second-order valence-corrected chi connectivity index (χ2v) is 3.10. The van der Waals surface area contributed by atoms with E-state index in [1.54, 1.807) is 13.2 Å². The number of aryl methyl sites for hydroxylation is 1. The lowest BCUT2D eigenvalue weighted by molar-refractivity contribution is 0.112. The van der Waals surface area contributed by atoms with E-state index in [1.807, 2.05) is 13.0 Å². The highest BCUT2D eigenvalue weighted by Gasteiger charge is 2.08. The van der Waals surface area contributed by atoms with Gasteiger partial charge in [0, 0.05) is 5.02 Å². The van der Waals surface area contributed by atoms with Gasteiger partial charge in [0.15, 0.2) is 6.29 Å². The highest BCUT2D eigenvalue weighted by Crippen LogP contribution is 2.27.